The Kier molecular flexibility index (Phi) is 4.42. The van der Waals surface area contributed by atoms with Crippen LogP contribution in [0.2, 0.25) is 5.15 Å². The Bertz CT molecular complexity index is 624. The number of pyridine rings is 1. The minimum Gasteiger partial charge on any atom is -0.355 e. The smallest absolute Gasteiger partial charge is 0.355 e. The summed E-state index contributed by atoms with van der Waals surface area (Å²) in [6.45, 7) is 2.42. The van der Waals surface area contributed by atoms with Gasteiger partial charge < -0.3 is 4.90 Å². The van der Waals surface area contributed by atoms with Crippen LogP contribution in [0.5, 0.6) is 0 Å². The average Bonchev–Trinajstić information content (AvgIpc) is 2.39. The predicted octanol–water partition coefficient (Wildman–Crippen LogP) is 4.70. The van der Waals surface area contributed by atoms with Gasteiger partial charge in [-0.1, -0.05) is 41.4 Å². The molecule has 1 heterocycles. The molecule has 0 aliphatic rings. The number of alkyl halides is 3. The molecular weight excluding hydrogens is 301 g/mol. The molecule has 2 rings (SSSR count). The summed E-state index contributed by atoms with van der Waals surface area (Å²) < 4.78 is 38.3. The lowest BCUT2D eigenvalue weighted by atomic mass is 10.1. The molecule has 1 aromatic heterocycles. The standard InChI is InChI=1S/C15H14ClF3N2/c1-10-3-5-11(6-4-10)9-21(2)14-8-12(15(17,18)19)7-13(16)20-14/h3-8H,9H2,1-2H3. The molecule has 21 heavy (non-hydrogen) atoms. The van der Waals surface area contributed by atoms with Gasteiger partial charge in [0.25, 0.3) is 0 Å². The van der Waals surface area contributed by atoms with E-state index in [4.69, 9.17) is 11.6 Å². The van der Waals surface area contributed by atoms with E-state index in [-0.39, 0.29) is 11.0 Å². The molecule has 0 N–H and O–H groups in total. The molecule has 0 amide bonds. The zero-order valence-corrected chi connectivity index (χ0v) is 12.3. The zero-order valence-electron chi connectivity index (χ0n) is 11.6. The van der Waals surface area contributed by atoms with Crippen molar-refractivity contribution in [2.45, 2.75) is 19.6 Å². The van der Waals surface area contributed by atoms with Crippen LogP contribution in [-0.2, 0) is 12.7 Å². The number of nitrogens with zero attached hydrogens (tertiary/aromatic N) is 2. The Morgan fingerprint density at radius 2 is 1.76 bits per heavy atom. The van der Waals surface area contributed by atoms with Crippen molar-refractivity contribution in [2.24, 2.45) is 0 Å². The van der Waals surface area contributed by atoms with E-state index in [0.29, 0.717) is 6.54 Å². The quantitative estimate of drug-likeness (QED) is 0.763. The van der Waals surface area contributed by atoms with Crippen LogP contribution in [0.15, 0.2) is 36.4 Å². The van der Waals surface area contributed by atoms with Crippen LogP contribution >= 0.6 is 11.6 Å². The van der Waals surface area contributed by atoms with E-state index in [0.717, 1.165) is 23.3 Å². The summed E-state index contributed by atoms with van der Waals surface area (Å²) in [6, 6.07) is 9.60. The molecule has 0 aliphatic heterocycles. The third kappa shape index (κ3) is 4.11. The number of halogens is 4. The first-order chi connectivity index (χ1) is 9.75. The van der Waals surface area contributed by atoms with Gasteiger partial charge in [-0.15, -0.1) is 0 Å². The number of anilines is 1. The topological polar surface area (TPSA) is 16.1 Å². The van der Waals surface area contributed by atoms with Crippen molar-refractivity contribution < 1.29 is 13.2 Å². The molecule has 0 bridgehead atoms. The van der Waals surface area contributed by atoms with Crippen LogP contribution in [0.3, 0.4) is 0 Å². The molecule has 2 nitrogen and oxygen atoms in total. The van der Waals surface area contributed by atoms with Gasteiger partial charge in [0.1, 0.15) is 11.0 Å². The monoisotopic (exact) mass is 314 g/mol. The van der Waals surface area contributed by atoms with E-state index in [1.807, 2.05) is 31.2 Å². The highest BCUT2D eigenvalue weighted by molar-refractivity contribution is 6.29. The molecule has 2 aromatic rings. The van der Waals surface area contributed by atoms with Crippen molar-refractivity contribution in [1.29, 1.82) is 0 Å². The number of aromatic nitrogens is 1. The third-order valence-corrected chi connectivity index (χ3v) is 3.23. The highest BCUT2D eigenvalue weighted by Crippen LogP contribution is 2.32. The van der Waals surface area contributed by atoms with Crippen LogP contribution in [0.25, 0.3) is 0 Å². The molecule has 0 radical (unpaired) electrons. The SMILES string of the molecule is Cc1ccc(CN(C)c2cc(C(F)(F)F)cc(Cl)n2)cc1. The zero-order chi connectivity index (χ0) is 15.6. The van der Waals surface area contributed by atoms with E-state index >= 15 is 0 Å². The van der Waals surface area contributed by atoms with Crippen molar-refractivity contribution in [1.82, 2.24) is 4.98 Å². The van der Waals surface area contributed by atoms with Gasteiger partial charge in [-0.2, -0.15) is 13.2 Å². The summed E-state index contributed by atoms with van der Waals surface area (Å²) >= 11 is 5.69. The number of hydrogen-bond donors (Lipinski definition) is 0. The minimum atomic E-state index is -4.44. The highest BCUT2D eigenvalue weighted by atomic mass is 35.5. The second-order valence-electron chi connectivity index (χ2n) is 4.88. The third-order valence-electron chi connectivity index (χ3n) is 3.04. The molecule has 112 valence electrons. The molecule has 0 aliphatic carbocycles. The first-order valence-electron chi connectivity index (χ1n) is 6.27. The van der Waals surface area contributed by atoms with Crippen molar-refractivity contribution in [3.05, 3.63) is 58.2 Å². The summed E-state index contributed by atoms with van der Waals surface area (Å²) in [5.41, 5.74) is 1.31. The largest absolute Gasteiger partial charge is 0.416 e. The fraction of sp³-hybridized carbons (Fsp3) is 0.267. The number of benzene rings is 1. The lowest BCUT2D eigenvalue weighted by molar-refractivity contribution is -0.137. The number of rotatable bonds is 3. The van der Waals surface area contributed by atoms with E-state index in [1.165, 1.54) is 0 Å². The van der Waals surface area contributed by atoms with Gasteiger partial charge in [0.15, 0.2) is 0 Å². The molecular formula is C15H14ClF3N2. The Morgan fingerprint density at radius 1 is 1.14 bits per heavy atom. The first kappa shape index (κ1) is 15.6. The van der Waals surface area contributed by atoms with Gasteiger partial charge in [-0.05, 0) is 24.6 Å². The van der Waals surface area contributed by atoms with Gasteiger partial charge >= 0.3 is 6.18 Å². The lowest BCUT2D eigenvalue weighted by Crippen LogP contribution is -2.19. The molecule has 0 fully saturated rings. The fourth-order valence-corrected chi connectivity index (χ4v) is 2.09. The molecule has 0 spiro atoms. The van der Waals surface area contributed by atoms with Gasteiger partial charge in [-0.25, -0.2) is 4.98 Å². The Labute approximate surface area is 126 Å². The average molecular weight is 315 g/mol. The second kappa shape index (κ2) is 5.93. The predicted molar refractivity (Wildman–Crippen MR) is 77.5 cm³/mol. The van der Waals surface area contributed by atoms with Crippen LogP contribution in [0.1, 0.15) is 16.7 Å². The first-order valence-corrected chi connectivity index (χ1v) is 6.65. The Morgan fingerprint density at radius 3 is 2.33 bits per heavy atom. The maximum Gasteiger partial charge on any atom is 0.416 e. The maximum atomic E-state index is 12.8. The number of aryl methyl sites for hydroxylation is 1. The summed E-state index contributed by atoms with van der Waals surface area (Å²) in [4.78, 5) is 5.58. The van der Waals surface area contributed by atoms with Crippen LogP contribution < -0.4 is 4.90 Å². The van der Waals surface area contributed by atoms with Gasteiger partial charge in [0.2, 0.25) is 0 Å². The summed E-state index contributed by atoms with van der Waals surface area (Å²) in [6.07, 6.45) is -4.44. The molecule has 0 atom stereocenters. The Hall–Kier alpha value is -1.75. The Balaban J connectivity index is 2.24. The van der Waals surface area contributed by atoms with Crippen molar-refractivity contribution >= 4 is 17.4 Å². The van der Waals surface area contributed by atoms with Crippen molar-refractivity contribution in [3.63, 3.8) is 0 Å². The normalized spacial score (nSPS) is 11.5. The lowest BCUT2D eigenvalue weighted by Gasteiger charge is -2.20. The summed E-state index contributed by atoms with van der Waals surface area (Å²) in [7, 11) is 1.68. The molecule has 0 saturated heterocycles. The molecule has 6 heteroatoms. The fourth-order valence-electron chi connectivity index (χ4n) is 1.89. The minimum absolute atomic E-state index is 0.171. The molecule has 0 saturated carbocycles. The van der Waals surface area contributed by atoms with E-state index < -0.39 is 11.7 Å². The van der Waals surface area contributed by atoms with E-state index in [2.05, 4.69) is 4.98 Å². The van der Waals surface area contributed by atoms with E-state index in [1.54, 1.807) is 11.9 Å². The summed E-state index contributed by atoms with van der Waals surface area (Å²) in [5, 5.41) is -0.171. The van der Waals surface area contributed by atoms with Gasteiger partial charge in [-0.3, -0.25) is 0 Å². The van der Waals surface area contributed by atoms with Crippen LogP contribution in [0.4, 0.5) is 19.0 Å². The van der Waals surface area contributed by atoms with E-state index in [9.17, 15) is 13.2 Å². The van der Waals surface area contributed by atoms with Gasteiger partial charge in [0, 0.05) is 13.6 Å². The maximum absolute atomic E-state index is 12.8. The van der Waals surface area contributed by atoms with Crippen molar-refractivity contribution in [2.75, 3.05) is 11.9 Å². The number of hydrogen-bond acceptors (Lipinski definition) is 2. The van der Waals surface area contributed by atoms with Crippen LogP contribution in [0, 0.1) is 6.92 Å². The molecule has 0 unspecified atom stereocenters. The van der Waals surface area contributed by atoms with Gasteiger partial charge in [0.05, 0.1) is 5.56 Å². The second-order valence-corrected chi connectivity index (χ2v) is 5.26. The van der Waals surface area contributed by atoms with Crippen LogP contribution in [-0.4, -0.2) is 12.0 Å². The van der Waals surface area contributed by atoms with Crippen molar-refractivity contribution in [3.8, 4) is 0 Å². The summed E-state index contributed by atoms with van der Waals surface area (Å²) in [5.74, 6) is 0.190. The molecule has 1 aromatic carbocycles. The highest BCUT2D eigenvalue weighted by Gasteiger charge is 2.31.